The molecule has 3 nitrogen and oxygen atoms in total. The first-order valence-electron chi connectivity index (χ1n) is 5.48. The minimum absolute atomic E-state index is 0.00479. The summed E-state index contributed by atoms with van der Waals surface area (Å²) in [6, 6.07) is 2.42. The van der Waals surface area contributed by atoms with Crippen molar-refractivity contribution < 1.29 is 27.5 Å². The van der Waals surface area contributed by atoms with Gasteiger partial charge in [-0.2, -0.15) is 13.2 Å². The highest BCUT2D eigenvalue weighted by Gasteiger charge is 2.32. The van der Waals surface area contributed by atoms with Crippen molar-refractivity contribution in [2.75, 3.05) is 11.4 Å². The number of rotatable bonds is 4. The molecule has 0 amide bonds. The van der Waals surface area contributed by atoms with Gasteiger partial charge < -0.3 is 10.0 Å². The molecule has 0 saturated carbocycles. The van der Waals surface area contributed by atoms with E-state index in [1.807, 2.05) is 0 Å². The first-order chi connectivity index (χ1) is 8.61. The Bertz CT molecular complexity index is 471. The zero-order valence-electron chi connectivity index (χ0n) is 10.3. The van der Waals surface area contributed by atoms with Gasteiger partial charge in [0.05, 0.1) is 5.56 Å². The number of carbonyl (C=O) groups is 1. The molecule has 0 aromatic heterocycles. The Hall–Kier alpha value is -1.79. The molecule has 0 aliphatic rings. The summed E-state index contributed by atoms with van der Waals surface area (Å²) in [7, 11) is 0. The number of benzene rings is 1. The number of aromatic carboxylic acids is 1. The second-order valence-electron chi connectivity index (χ2n) is 4.31. The van der Waals surface area contributed by atoms with Gasteiger partial charge in [0.2, 0.25) is 0 Å². The summed E-state index contributed by atoms with van der Waals surface area (Å²) in [5.41, 5.74) is -0.575. The van der Waals surface area contributed by atoms with Crippen molar-refractivity contribution >= 4 is 11.7 Å². The normalized spacial score (nSPS) is 11.7. The molecule has 1 N–H and O–H groups in total. The van der Waals surface area contributed by atoms with Gasteiger partial charge in [-0.05, 0) is 32.0 Å². The van der Waals surface area contributed by atoms with E-state index in [4.69, 9.17) is 5.11 Å². The molecule has 0 fully saturated rings. The smallest absolute Gasteiger partial charge is 0.405 e. The molecule has 1 rings (SSSR count). The van der Waals surface area contributed by atoms with Crippen molar-refractivity contribution in [3.63, 3.8) is 0 Å². The van der Waals surface area contributed by atoms with Gasteiger partial charge in [0.15, 0.2) is 0 Å². The lowest BCUT2D eigenvalue weighted by Gasteiger charge is -2.30. The van der Waals surface area contributed by atoms with Gasteiger partial charge in [0.1, 0.15) is 12.4 Å². The van der Waals surface area contributed by atoms with Gasteiger partial charge in [-0.25, -0.2) is 9.18 Å². The molecule has 106 valence electrons. The molecule has 0 aliphatic heterocycles. The van der Waals surface area contributed by atoms with Gasteiger partial charge >= 0.3 is 12.1 Å². The topological polar surface area (TPSA) is 40.5 Å². The predicted molar refractivity (Wildman–Crippen MR) is 61.9 cm³/mol. The highest BCUT2D eigenvalue weighted by molar-refractivity contribution is 5.88. The first-order valence-corrected chi connectivity index (χ1v) is 5.48. The second-order valence-corrected chi connectivity index (χ2v) is 4.31. The molecule has 0 bridgehead atoms. The van der Waals surface area contributed by atoms with Crippen molar-refractivity contribution in [1.29, 1.82) is 0 Å². The van der Waals surface area contributed by atoms with Crippen LogP contribution in [0.25, 0.3) is 0 Å². The van der Waals surface area contributed by atoms with Crippen molar-refractivity contribution in [3.05, 3.63) is 29.6 Å². The largest absolute Gasteiger partial charge is 0.478 e. The number of carboxylic acids is 1. The third-order valence-corrected chi connectivity index (χ3v) is 2.49. The number of hydrogen-bond acceptors (Lipinski definition) is 2. The van der Waals surface area contributed by atoms with E-state index in [0.717, 1.165) is 23.1 Å². The summed E-state index contributed by atoms with van der Waals surface area (Å²) in [6.45, 7) is 1.85. The number of nitrogens with zero attached hydrogens (tertiary/aromatic N) is 1. The zero-order chi connectivity index (χ0) is 14.8. The van der Waals surface area contributed by atoms with Gasteiger partial charge in [-0.3, -0.25) is 0 Å². The number of hydrogen-bond donors (Lipinski definition) is 1. The van der Waals surface area contributed by atoms with Crippen LogP contribution in [0.1, 0.15) is 24.2 Å². The van der Waals surface area contributed by atoms with Gasteiger partial charge in [-0.1, -0.05) is 0 Å². The standard InChI is InChI=1S/C12H13F4NO2/c1-7(2)17(6-12(14,15)16)8-3-4-9(11(18)19)10(13)5-8/h3-5,7H,6H2,1-2H3,(H,18,19). The third-order valence-electron chi connectivity index (χ3n) is 2.49. The highest BCUT2D eigenvalue weighted by atomic mass is 19.4. The molecule has 0 spiro atoms. The van der Waals surface area contributed by atoms with E-state index in [-0.39, 0.29) is 5.69 Å². The fourth-order valence-electron chi connectivity index (χ4n) is 1.62. The molecule has 0 radical (unpaired) electrons. The Morgan fingerprint density at radius 2 is 1.95 bits per heavy atom. The van der Waals surface area contributed by atoms with Crippen molar-refractivity contribution in [2.45, 2.75) is 26.1 Å². The minimum Gasteiger partial charge on any atom is -0.478 e. The van der Waals surface area contributed by atoms with Crippen LogP contribution in [0.3, 0.4) is 0 Å². The van der Waals surface area contributed by atoms with Gasteiger partial charge in [0, 0.05) is 11.7 Å². The molecule has 0 heterocycles. The van der Waals surface area contributed by atoms with Crippen LogP contribution in [-0.2, 0) is 0 Å². The average molecular weight is 279 g/mol. The third kappa shape index (κ3) is 4.11. The fraction of sp³-hybridized carbons (Fsp3) is 0.417. The minimum atomic E-state index is -4.42. The molecule has 7 heteroatoms. The van der Waals surface area contributed by atoms with E-state index in [0.29, 0.717) is 0 Å². The molecule has 1 aromatic rings. The first kappa shape index (κ1) is 15.3. The Labute approximate surface area is 107 Å². The van der Waals surface area contributed by atoms with E-state index < -0.39 is 36.1 Å². The maximum absolute atomic E-state index is 13.5. The average Bonchev–Trinajstić information content (AvgIpc) is 2.23. The number of halogens is 4. The summed E-state index contributed by atoms with van der Waals surface area (Å²) < 4.78 is 50.8. The van der Waals surface area contributed by atoms with Gasteiger partial charge in [-0.15, -0.1) is 0 Å². The Kier molecular flexibility index (Phi) is 4.39. The predicted octanol–water partition coefficient (Wildman–Crippen LogP) is 3.30. The molecular weight excluding hydrogens is 266 g/mol. The molecule has 0 unspecified atom stereocenters. The lowest BCUT2D eigenvalue weighted by atomic mass is 10.1. The maximum Gasteiger partial charge on any atom is 0.405 e. The van der Waals surface area contributed by atoms with Crippen LogP contribution in [0, 0.1) is 5.82 Å². The van der Waals surface area contributed by atoms with Crippen LogP contribution in [-0.4, -0.2) is 29.8 Å². The Morgan fingerprint density at radius 3 is 2.32 bits per heavy atom. The molecule has 0 saturated heterocycles. The quantitative estimate of drug-likeness (QED) is 0.860. The van der Waals surface area contributed by atoms with Crippen LogP contribution in [0.5, 0.6) is 0 Å². The molecule has 1 aromatic carbocycles. The van der Waals surface area contributed by atoms with E-state index in [1.54, 1.807) is 0 Å². The summed E-state index contributed by atoms with van der Waals surface area (Å²) in [6.07, 6.45) is -4.42. The lowest BCUT2D eigenvalue weighted by Crippen LogP contribution is -2.39. The second kappa shape index (κ2) is 5.46. The van der Waals surface area contributed by atoms with Crippen molar-refractivity contribution in [1.82, 2.24) is 0 Å². The summed E-state index contributed by atoms with van der Waals surface area (Å²) >= 11 is 0. The SMILES string of the molecule is CC(C)N(CC(F)(F)F)c1ccc(C(=O)O)c(F)c1. The Morgan fingerprint density at radius 1 is 1.37 bits per heavy atom. The van der Waals surface area contributed by atoms with Crippen LogP contribution in [0.4, 0.5) is 23.2 Å². The Balaban J connectivity index is 3.11. The lowest BCUT2D eigenvalue weighted by molar-refractivity contribution is -0.120. The van der Waals surface area contributed by atoms with E-state index in [1.165, 1.54) is 13.8 Å². The highest BCUT2D eigenvalue weighted by Crippen LogP contribution is 2.25. The van der Waals surface area contributed by atoms with Crippen LogP contribution < -0.4 is 4.90 Å². The molecular formula is C12H13F4NO2. The summed E-state index contributed by atoms with van der Waals surface area (Å²) in [4.78, 5) is 11.6. The van der Waals surface area contributed by atoms with Crippen LogP contribution in [0.2, 0.25) is 0 Å². The van der Waals surface area contributed by atoms with E-state index in [9.17, 15) is 22.4 Å². The molecule has 19 heavy (non-hydrogen) atoms. The number of alkyl halides is 3. The fourth-order valence-corrected chi connectivity index (χ4v) is 1.62. The molecule has 0 atom stereocenters. The number of anilines is 1. The zero-order valence-corrected chi connectivity index (χ0v) is 10.3. The van der Waals surface area contributed by atoms with E-state index >= 15 is 0 Å². The monoisotopic (exact) mass is 279 g/mol. The summed E-state index contributed by atoms with van der Waals surface area (Å²) in [5.74, 6) is -2.52. The van der Waals surface area contributed by atoms with Crippen molar-refractivity contribution in [3.8, 4) is 0 Å². The van der Waals surface area contributed by atoms with Crippen molar-refractivity contribution in [2.24, 2.45) is 0 Å². The summed E-state index contributed by atoms with van der Waals surface area (Å²) in [5, 5.41) is 8.66. The van der Waals surface area contributed by atoms with Gasteiger partial charge in [0.25, 0.3) is 0 Å². The maximum atomic E-state index is 13.5. The van der Waals surface area contributed by atoms with E-state index in [2.05, 4.69) is 0 Å². The van der Waals surface area contributed by atoms with Crippen LogP contribution in [0.15, 0.2) is 18.2 Å². The number of carboxylic acid groups (broad SMARTS) is 1. The van der Waals surface area contributed by atoms with Crippen LogP contribution >= 0.6 is 0 Å². The molecule has 0 aliphatic carbocycles.